The molecule has 1 aromatic heterocycles. The van der Waals surface area contributed by atoms with Gasteiger partial charge in [-0.15, -0.1) is 11.3 Å². The molecule has 102 valence electrons. The number of hydrogen-bond donors (Lipinski definition) is 2. The monoisotopic (exact) mass is 280 g/mol. The lowest BCUT2D eigenvalue weighted by atomic mass is 10.2. The van der Waals surface area contributed by atoms with Crippen LogP contribution < -0.4 is 5.32 Å². The maximum Gasteiger partial charge on any atom is 0.127 e. The summed E-state index contributed by atoms with van der Waals surface area (Å²) < 4.78 is 13.1. The molecule has 19 heavy (non-hydrogen) atoms. The largest absolute Gasteiger partial charge is 0.508 e. The molecule has 5 heteroatoms. The number of halogens is 1. The topological polar surface area (TPSA) is 45.2 Å². The van der Waals surface area contributed by atoms with Crippen LogP contribution in [-0.4, -0.2) is 10.1 Å². The van der Waals surface area contributed by atoms with E-state index in [0.717, 1.165) is 23.1 Å². The molecule has 3 nitrogen and oxygen atoms in total. The minimum Gasteiger partial charge on any atom is -0.508 e. The summed E-state index contributed by atoms with van der Waals surface area (Å²) in [6, 6.07) is 4.18. The first kappa shape index (κ1) is 14.0. The van der Waals surface area contributed by atoms with Crippen molar-refractivity contribution in [2.75, 3.05) is 0 Å². The van der Waals surface area contributed by atoms with Crippen LogP contribution >= 0.6 is 11.3 Å². The second-order valence-electron chi connectivity index (χ2n) is 4.44. The first-order chi connectivity index (χ1) is 9.08. The lowest BCUT2D eigenvalue weighted by Gasteiger charge is -2.11. The first-order valence-corrected chi connectivity index (χ1v) is 7.06. The van der Waals surface area contributed by atoms with Crippen LogP contribution in [0.15, 0.2) is 24.4 Å². The highest BCUT2D eigenvalue weighted by Crippen LogP contribution is 2.21. The van der Waals surface area contributed by atoms with E-state index in [1.165, 1.54) is 10.9 Å². The summed E-state index contributed by atoms with van der Waals surface area (Å²) in [6.45, 7) is 4.62. The molecular formula is C14H17FN2OS. The normalized spacial score (nSPS) is 12.6. The van der Waals surface area contributed by atoms with Crippen molar-refractivity contribution in [1.82, 2.24) is 10.3 Å². The molecule has 0 saturated heterocycles. The minimum absolute atomic E-state index is 0.0491. The van der Waals surface area contributed by atoms with Crippen LogP contribution in [-0.2, 0) is 13.0 Å². The van der Waals surface area contributed by atoms with Gasteiger partial charge in [0, 0.05) is 23.7 Å². The zero-order valence-corrected chi connectivity index (χ0v) is 11.8. The predicted octanol–water partition coefficient (Wildman–Crippen LogP) is 3.40. The molecule has 1 heterocycles. The van der Waals surface area contributed by atoms with Gasteiger partial charge >= 0.3 is 0 Å². The van der Waals surface area contributed by atoms with Crippen molar-refractivity contribution in [2.45, 2.75) is 32.9 Å². The zero-order valence-electron chi connectivity index (χ0n) is 11.0. The van der Waals surface area contributed by atoms with Crippen molar-refractivity contribution in [3.05, 3.63) is 45.7 Å². The molecule has 2 N–H and O–H groups in total. The fourth-order valence-electron chi connectivity index (χ4n) is 1.78. The summed E-state index contributed by atoms with van der Waals surface area (Å²) in [5.74, 6) is -0.473. The molecular weight excluding hydrogens is 263 g/mol. The van der Waals surface area contributed by atoms with Gasteiger partial charge in [-0.25, -0.2) is 9.37 Å². The Morgan fingerprint density at radius 2 is 2.21 bits per heavy atom. The summed E-state index contributed by atoms with van der Waals surface area (Å²) in [7, 11) is 0. The number of phenolic OH excluding ortho intramolecular Hbond substituents is 1. The van der Waals surface area contributed by atoms with Crippen molar-refractivity contribution < 1.29 is 9.50 Å². The number of rotatable bonds is 5. The number of aromatic nitrogens is 1. The minimum atomic E-state index is -0.424. The van der Waals surface area contributed by atoms with E-state index < -0.39 is 5.82 Å². The van der Waals surface area contributed by atoms with Gasteiger partial charge in [0.2, 0.25) is 0 Å². The molecule has 2 aromatic rings. The summed E-state index contributed by atoms with van der Waals surface area (Å²) in [5, 5.41) is 13.6. The average Bonchev–Trinajstić information content (AvgIpc) is 2.83. The van der Waals surface area contributed by atoms with E-state index in [-0.39, 0.29) is 11.8 Å². The molecule has 1 atom stereocenters. The number of hydrogen-bond acceptors (Lipinski definition) is 4. The van der Waals surface area contributed by atoms with Crippen LogP contribution in [0.3, 0.4) is 0 Å². The molecule has 1 unspecified atom stereocenters. The lowest BCUT2D eigenvalue weighted by molar-refractivity contribution is 0.466. The number of nitrogens with one attached hydrogen (secondary N) is 1. The second-order valence-corrected chi connectivity index (χ2v) is 5.59. The molecule has 0 spiro atoms. The SMILES string of the molecule is CCc1cnc(C(C)NCc2cc(O)cc(F)c2)s1. The van der Waals surface area contributed by atoms with Gasteiger partial charge in [-0.3, -0.25) is 0 Å². The van der Waals surface area contributed by atoms with E-state index in [4.69, 9.17) is 0 Å². The second kappa shape index (κ2) is 6.12. The van der Waals surface area contributed by atoms with E-state index in [1.54, 1.807) is 17.4 Å². The van der Waals surface area contributed by atoms with Crippen molar-refractivity contribution in [3.63, 3.8) is 0 Å². The van der Waals surface area contributed by atoms with Crippen molar-refractivity contribution >= 4 is 11.3 Å². The Kier molecular flexibility index (Phi) is 4.50. The van der Waals surface area contributed by atoms with Crippen LogP contribution in [0.5, 0.6) is 5.75 Å². The summed E-state index contributed by atoms with van der Waals surface area (Å²) in [6.07, 6.45) is 2.88. The van der Waals surface area contributed by atoms with Gasteiger partial charge in [0.25, 0.3) is 0 Å². The van der Waals surface area contributed by atoms with Gasteiger partial charge in [-0.1, -0.05) is 6.92 Å². The Morgan fingerprint density at radius 1 is 1.42 bits per heavy atom. The summed E-state index contributed by atoms with van der Waals surface area (Å²) >= 11 is 1.69. The summed E-state index contributed by atoms with van der Waals surface area (Å²) in [4.78, 5) is 5.62. The number of nitrogens with zero attached hydrogens (tertiary/aromatic N) is 1. The lowest BCUT2D eigenvalue weighted by Crippen LogP contribution is -2.17. The van der Waals surface area contributed by atoms with E-state index in [2.05, 4.69) is 17.2 Å². The Bertz CT molecular complexity index is 536. The van der Waals surface area contributed by atoms with Crippen LogP contribution in [0.1, 0.15) is 35.3 Å². The highest BCUT2D eigenvalue weighted by molar-refractivity contribution is 7.11. The summed E-state index contributed by atoms with van der Waals surface area (Å²) in [5.41, 5.74) is 0.719. The number of thiazole rings is 1. The number of aromatic hydroxyl groups is 1. The fraction of sp³-hybridized carbons (Fsp3) is 0.357. The maximum absolute atomic E-state index is 13.1. The van der Waals surface area contributed by atoms with E-state index in [9.17, 15) is 9.50 Å². The Labute approximate surface area is 116 Å². The molecule has 2 rings (SSSR count). The number of aryl methyl sites for hydroxylation is 1. The molecule has 0 aliphatic carbocycles. The van der Waals surface area contributed by atoms with Crippen molar-refractivity contribution in [3.8, 4) is 5.75 Å². The molecule has 0 saturated carbocycles. The van der Waals surface area contributed by atoms with Crippen LogP contribution in [0.4, 0.5) is 4.39 Å². The quantitative estimate of drug-likeness (QED) is 0.882. The first-order valence-electron chi connectivity index (χ1n) is 6.25. The molecule has 0 amide bonds. The van der Waals surface area contributed by atoms with E-state index in [0.29, 0.717) is 6.54 Å². The van der Waals surface area contributed by atoms with E-state index >= 15 is 0 Å². The van der Waals surface area contributed by atoms with Gasteiger partial charge in [-0.2, -0.15) is 0 Å². The zero-order chi connectivity index (χ0) is 13.8. The smallest absolute Gasteiger partial charge is 0.127 e. The van der Waals surface area contributed by atoms with E-state index in [1.807, 2.05) is 13.1 Å². The highest BCUT2D eigenvalue weighted by Gasteiger charge is 2.10. The third-order valence-electron chi connectivity index (χ3n) is 2.85. The van der Waals surface area contributed by atoms with Crippen LogP contribution in [0.25, 0.3) is 0 Å². The van der Waals surface area contributed by atoms with Gasteiger partial charge in [0.05, 0.1) is 6.04 Å². The third kappa shape index (κ3) is 3.75. The van der Waals surface area contributed by atoms with Crippen molar-refractivity contribution in [1.29, 1.82) is 0 Å². The van der Waals surface area contributed by atoms with Crippen LogP contribution in [0.2, 0.25) is 0 Å². The molecule has 0 bridgehead atoms. The fourth-order valence-corrected chi connectivity index (χ4v) is 2.66. The highest BCUT2D eigenvalue weighted by atomic mass is 32.1. The average molecular weight is 280 g/mol. The molecule has 0 aliphatic rings. The van der Waals surface area contributed by atoms with Crippen molar-refractivity contribution in [2.24, 2.45) is 0 Å². The third-order valence-corrected chi connectivity index (χ3v) is 4.17. The standard InChI is InChI=1S/C14H17FN2OS/c1-3-13-8-17-14(19-13)9(2)16-7-10-4-11(15)6-12(18)5-10/h4-6,8-9,16,18H,3,7H2,1-2H3. The Balaban J connectivity index is 1.97. The van der Waals surface area contributed by atoms with Gasteiger partial charge in [-0.05, 0) is 31.0 Å². The number of benzene rings is 1. The van der Waals surface area contributed by atoms with Gasteiger partial charge in [0.1, 0.15) is 16.6 Å². The molecule has 0 radical (unpaired) electrons. The Morgan fingerprint density at radius 3 is 2.84 bits per heavy atom. The molecule has 0 aliphatic heterocycles. The molecule has 0 fully saturated rings. The van der Waals surface area contributed by atoms with Gasteiger partial charge < -0.3 is 10.4 Å². The maximum atomic E-state index is 13.1. The van der Waals surface area contributed by atoms with Gasteiger partial charge in [0.15, 0.2) is 0 Å². The predicted molar refractivity (Wildman–Crippen MR) is 74.8 cm³/mol. The number of phenols is 1. The van der Waals surface area contributed by atoms with Crippen LogP contribution in [0, 0.1) is 5.82 Å². The molecule has 1 aromatic carbocycles. The Hall–Kier alpha value is -1.46.